The van der Waals surface area contributed by atoms with E-state index in [9.17, 15) is 14.7 Å². The topological polar surface area (TPSA) is 69.6 Å². The molecule has 5 nitrogen and oxygen atoms in total. The van der Waals surface area contributed by atoms with Crippen LogP contribution in [-0.2, 0) is 4.79 Å². The quantitative estimate of drug-likeness (QED) is 0.820. The summed E-state index contributed by atoms with van der Waals surface area (Å²) in [7, 11) is 0. The second kappa shape index (κ2) is 5.80. The Hall–Kier alpha value is -1.26. The van der Waals surface area contributed by atoms with Crippen molar-refractivity contribution in [1.29, 1.82) is 0 Å². The zero-order chi connectivity index (χ0) is 14.0. The average molecular weight is 268 g/mol. The molecule has 2 aliphatic rings. The first-order valence-corrected chi connectivity index (χ1v) is 7.32. The van der Waals surface area contributed by atoms with E-state index in [1.807, 2.05) is 6.92 Å². The van der Waals surface area contributed by atoms with Crippen LogP contribution in [0.3, 0.4) is 0 Å². The molecule has 0 spiro atoms. The van der Waals surface area contributed by atoms with Crippen LogP contribution >= 0.6 is 0 Å². The van der Waals surface area contributed by atoms with E-state index in [2.05, 4.69) is 12.2 Å². The number of nitrogens with one attached hydrogen (secondary N) is 1. The molecule has 2 fully saturated rings. The van der Waals surface area contributed by atoms with Gasteiger partial charge in [-0.05, 0) is 37.5 Å². The first-order chi connectivity index (χ1) is 9.02. The number of aliphatic carboxylic acids is 1. The molecule has 0 aromatic heterocycles. The Morgan fingerprint density at radius 3 is 2.74 bits per heavy atom. The lowest BCUT2D eigenvalue weighted by molar-refractivity contribution is -0.143. The lowest BCUT2D eigenvalue weighted by atomic mass is 9.93. The average Bonchev–Trinajstić information content (AvgIpc) is 3.07. The summed E-state index contributed by atoms with van der Waals surface area (Å²) >= 11 is 0. The number of piperidine rings is 1. The molecule has 2 amide bonds. The number of carboxylic acid groups (broad SMARTS) is 1. The van der Waals surface area contributed by atoms with Crippen molar-refractivity contribution in [2.75, 3.05) is 6.54 Å². The highest BCUT2D eigenvalue weighted by atomic mass is 16.4. The molecular weight excluding hydrogens is 244 g/mol. The van der Waals surface area contributed by atoms with Crippen molar-refractivity contribution in [2.24, 2.45) is 11.8 Å². The van der Waals surface area contributed by atoms with Crippen LogP contribution in [-0.4, -0.2) is 40.6 Å². The summed E-state index contributed by atoms with van der Waals surface area (Å²) in [4.78, 5) is 24.9. The maximum absolute atomic E-state index is 12.2. The third-order valence-corrected chi connectivity index (χ3v) is 4.30. The summed E-state index contributed by atoms with van der Waals surface area (Å²) in [6, 6.07) is -0.587. The fraction of sp³-hybridized carbons (Fsp3) is 0.857. The fourth-order valence-electron chi connectivity index (χ4n) is 2.97. The largest absolute Gasteiger partial charge is 0.480 e. The SMILES string of the molecule is CCCC1CC1NC(=O)N1CCC(C)CC1C(=O)O. The number of rotatable bonds is 4. The van der Waals surface area contributed by atoms with Gasteiger partial charge in [0.1, 0.15) is 6.04 Å². The van der Waals surface area contributed by atoms with E-state index < -0.39 is 12.0 Å². The zero-order valence-corrected chi connectivity index (χ0v) is 11.8. The van der Waals surface area contributed by atoms with Gasteiger partial charge in [-0.15, -0.1) is 0 Å². The van der Waals surface area contributed by atoms with Gasteiger partial charge >= 0.3 is 12.0 Å². The maximum atomic E-state index is 12.2. The van der Waals surface area contributed by atoms with E-state index in [1.165, 1.54) is 4.90 Å². The summed E-state index contributed by atoms with van der Waals surface area (Å²) in [5, 5.41) is 12.2. The molecule has 0 aromatic carbocycles. The van der Waals surface area contributed by atoms with E-state index in [4.69, 9.17) is 0 Å². The van der Waals surface area contributed by atoms with Gasteiger partial charge in [-0.2, -0.15) is 0 Å². The van der Waals surface area contributed by atoms with E-state index in [0.717, 1.165) is 25.7 Å². The Labute approximate surface area is 114 Å². The van der Waals surface area contributed by atoms with E-state index in [0.29, 0.717) is 24.8 Å². The van der Waals surface area contributed by atoms with Gasteiger partial charge in [0, 0.05) is 12.6 Å². The number of urea groups is 1. The molecule has 1 heterocycles. The highest BCUT2D eigenvalue weighted by molar-refractivity contribution is 5.83. The van der Waals surface area contributed by atoms with E-state index >= 15 is 0 Å². The van der Waals surface area contributed by atoms with Crippen molar-refractivity contribution in [1.82, 2.24) is 10.2 Å². The van der Waals surface area contributed by atoms with Gasteiger partial charge in [-0.3, -0.25) is 0 Å². The Bertz CT molecular complexity index is 359. The van der Waals surface area contributed by atoms with Crippen LogP contribution < -0.4 is 5.32 Å². The zero-order valence-electron chi connectivity index (χ0n) is 11.8. The first-order valence-electron chi connectivity index (χ1n) is 7.32. The normalized spacial score (nSPS) is 33.9. The van der Waals surface area contributed by atoms with Crippen LogP contribution in [0.1, 0.15) is 46.0 Å². The monoisotopic (exact) mass is 268 g/mol. The second-order valence-corrected chi connectivity index (χ2v) is 6.02. The van der Waals surface area contributed by atoms with E-state index in [-0.39, 0.29) is 12.1 Å². The lowest BCUT2D eigenvalue weighted by Crippen LogP contribution is -2.53. The van der Waals surface area contributed by atoms with Gasteiger partial charge in [0.05, 0.1) is 0 Å². The summed E-state index contributed by atoms with van der Waals surface area (Å²) in [6.45, 7) is 4.74. The number of hydrogen-bond donors (Lipinski definition) is 2. The van der Waals surface area contributed by atoms with Crippen molar-refractivity contribution in [3.8, 4) is 0 Å². The number of carboxylic acids is 1. The molecule has 4 atom stereocenters. The molecule has 2 N–H and O–H groups in total. The number of hydrogen-bond acceptors (Lipinski definition) is 2. The molecule has 0 bridgehead atoms. The number of carbonyl (C=O) groups is 2. The number of likely N-dealkylation sites (tertiary alicyclic amines) is 1. The van der Waals surface area contributed by atoms with E-state index in [1.54, 1.807) is 0 Å². The number of nitrogens with zero attached hydrogens (tertiary/aromatic N) is 1. The molecular formula is C14H24N2O3. The summed E-state index contributed by atoms with van der Waals surface area (Å²) in [5.41, 5.74) is 0. The summed E-state index contributed by atoms with van der Waals surface area (Å²) in [5.74, 6) is 0.0856. The Balaban J connectivity index is 1.88. The predicted molar refractivity (Wildman–Crippen MR) is 71.9 cm³/mol. The minimum Gasteiger partial charge on any atom is -0.480 e. The van der Waals surface area contributed by atoms with Gasteiger partial charge in [-0.1, -0.05) is 20.3 Å². The van der Waals surface area contributed by atoms with Crippen molar-refractivity contribution >= 4 is 12.0 Å². The molecule has 4 unspecified atom stereocenters. The van der Waals surface area contributed by atoms with Crippen LogP contribution in [0.25, 0.3) is 0 Å². The summed E-state index contributed by atoms with van der Waals surface area (Å²) < 4.78 is 0. The third kappa shape index (κ3) is 3.39. The molecule has 1 aliphatic heterocycles. The fourth-order valence-corrected chi connectivity index (χ4v) is 2.97. The van der Waals surface area contributed by atoms with Crippen LogP contribution in [0.4, 0.5) is 4.79 Å². The summed E-state index contributed by atoms with van der Waals surface area (Å²) in [6.07, 6.45) is 4.77. The van der Waals surface area contributed by atoms with Crippen LogP contribution in [0.15, 0.2) is 0 Å². The maximum Gasteiger partial charge on any atom is 0.326 e. The Morgan fingerprint density at radius 2 is 2.11 bits per heavy atom. The molecule has 19 heavy (non-hydrogen) atoms. The molecule has 1 saturated heterocycles. The standard InChI is InChI=1S/C14H24N2O3/c1-3-4-10-8-11(10)15-14(19)16-6-5-9(2)7-12(16)13(17)18/h9-12H,3-8H2,1-2H3,(H,15,19)(H,17,18). The van der Waals surface area contributed by atoms with Gasteiger partial charge < -0.3 is 15.3 Å². The molecule has 1 aliphatic carbocycles. The van der Waals surface area contributed by atoms with Crippen LogP contribution in [0, 0.1) is 11.8 Å². The molecule has 0 radical (unpaired) electrons. The van der Waals surface area contributed by atoms with Crippen molar-refractivity contribution < 1.29 is 14.7 Å². The minimum absolute atomic E-state index is 0.192. The molecule has 108 valence electrons. The highest BCUT2D eigenvalue weighted by Crippen LogP contribution is 2.35. The Morgan fingerprint density at radius 1 is 1.37 bits per heavy atom. The van der Waals surface area contributed by atoms with Crippen LogP contribution in [0.2, 0.25) is 0 Å². The third-order valence-electron chi connectivity index (χ3n) is 4.30. The van der Waals surface area contributed by atoms with Crippen molar-refractivity contribution in [2.45, 2.75) is 58.0 Å². The molecule has 0 aromatic rings. The highest BCUT2D eigenvalue weighted by Gasteiger charge is 2.41. The smallest absolute Gasteiger partial charge is 0.326 e. The first kappa shape index (κ1) is 14.2. The predicted octanol–water partition coefficient (Wildman–Crippen LogP) is 2.07. The Kier molecular flexibility index (Phi) is 4.32. The number of amides is 2. The van der Waals surface area contributed by atoms with Crippen molar-refractivity contribution in [3.05, 3.63) is 0 Å². The lowest BCUT2D eigenvalue weighted by Gasteiger charge is -2.36. The van der Waals surface area contributed by atoms with Crippen molar-refractivity contribution in [3.63, 3.8) is 0 Å². The van der Waals surface area contributed by atoms with Gasteiger partial charge in [0.15, 0.2) is 0 Å². The molecule has 5 heteroatoms. The minimum atomic E-state index is -0.886. The second-order valence-electron chi connectivity index (χ2n) is 6.02. The molecule has 2 rings (SSSR count). The molecule has 1 saturated carbocycles. The number of carbonyl (C=O) groups excluding carboxylic acids is 1. The van der Waals surface area contributed by atoms with Crippen LogP contribution in [0.5, 0.6) is 0 Å². The van der Waals surface area contributed by atoms with Gasteiger partial charge in [0.25, 0.3) is 0 Å². The van der Waals surface area contributed by atoms with Gasteiger partial charge in [-0.25, -0.2) is 9.59 Å². The van der Waals surface area contributed by atoms with Gasteiger partial charge in [0.2, 0.25) is 0 Å².